The fourth-order valence-electron chi connectivity index (χ4n) is 7.26. The van der Waals surface area contributed by atoms with Crippen molar-refractivity contribution in [1.29, 1.82) is 0 Å². The van der Waals surface area contributed by atoms with Gasteiger partial charge in [0.15, 0.2) is 0 Å². The quantitative estimate of drug-likeness (QED) is 0.452. The third kappa shape index (κ3) is 5.45. The number of carbonyl (C=O) groups excluding carboxylic acids is 1. The van der Waals surface area contributed by atoms with Crippen LogP contribution in [-0.4, -0.2) is 63.7 Å². The molecule has 1 amide bonds. The van der Waals surface area contributed by atoms with E-state index in [2.05, 4.69) is 21.8 Å². The average molecular weight is 615 g/mol. The van der Waals surface area contributed by atoms with Crippen LogP contribution in [-0.2, 0) is 26.6 Å². The third-order valence-corrected chi connectivity index (χ3v) is 11.9. The van der Waals surface area contributed by atoms with E-state index >= 15 is 0 Å². The molecule has 2 N–H and O–H groups in total. The molecule has 2 aliphatic heterocycles. The molecule has 8 nitrogen and oxygen atoms in total. The third-order valence-electron chi connectivity index (χ3n) is 9.92. The summed E-state index contributed by atoms with van der Waals surface area (Å²) < 4.78 is 40.7. The van der Waals surface area contributed by atoms with E-state index in [4.69, 9.17) is 21.1 Å². The molecule has 2 aromatic carbocycles. The number of methoxy groups -OCH3 is 1. The van der Waals surface area contributed by atoms with Crippen molar-refractivity contribution in [1.82, 2.24) is 4.72 Å². The molecule has 42 heavy (non-hydrogen) atoms. The lowest BCUT2D eigenvalue weighted by Crippen LogP contribution is -2.49. The number of aliphatic hydroxyl groups is 1. The molecule has 1 fully saturated rings. The molecule has 0 unspecified atom stereocenters. The van der Waals surface area contributed by atoms with E-state index < -0.39 is 33.4 Å². The van der Waals surface area contributed by atoms with Crippen LogP contribution in [0.2, 0.25) is 5.02 Å². The summed E-state index contributed by atoms with van der Waals surface area (Å²) >= 11 is 6.38. The molecule has 2 aromatic rings. The number of aryl methyl sites for hydroxylation is 1. The Bertz CT molecular complexity index is 1500. The van der Waals surface area contributed by atoms with Crippen molar-refractivity contribution in [2.24, 2.45) is 11.8 Å². The number of rotatable bonds is 1. The van der Waals surface area contributed by atoms with E-state index in [0.717, 1.165) is 42.8 Å². The van der Waals surface area contributed by atoms with Crippen molar-refractivity contribution < 1.29 is 27.8 Å². The predicted molar refractivity (Wildman–Crippen MR) is 163 cm³/mol. The molecule has 226 valence electrons. The molecule has 1 saturated carbocycles. The summed E-state index contributed by atoms with van der Waals surface area (Å²) in [5.41, 5.74) is 3.23. The maximum Gasteiger partial charge on any atom is 0.264 e. The lowest BCUT2D eigenvalue weighted by atomic mass is 9.68. The Morgan fingerprint density at radius 3 is 2.79 bits per heavy atom. The van der Waals surface area contributed by atoms with Crippen molar-refractivity contribution in [3.63, 3.8) is 0 Å². The van der Waals surface area contributed by atoms with Crippen LogP contribution in [0, 0.1) is 11.8 Å². The van der Waals surface area contributed by atoms with Gasteiger partial charge in [0.2, 0.25) is 10.0 Å². The molecular formula is C32H39ClN2O6S. The van der Waals surface area contributed by atoms with E-state index in [1.165, 1.54) is 25.2 Å². The molecule has 0 aromatic heterocycles. The number of nitrogens with zero attached hydrogens (tertiary/aromatic N) is 1. The molecular weight excluding hydrogens is 576 g/mol. The molecule has 4 aliphatic rings. The van der Waals surface area contributed by atoms with Gasteiger partial charge < -0.3 is 19.5 Å². The van der Waals surface area contributed by atoms with Crippen LogP contribution in [0.25, 0.3) is 0 Å². The summed E-state index contributed by atoms with van der Waals surface area (Å²) in [6, 6.07) is 11.3. The van der Waals surface area contributed by atoms with Crippen LogP contribution in [0.3, 0.4) is 0 Å². The Balaban J connectivity index is 1.42. The van der Waals surface area contributed by atoms with E-state index in [0.29, 0.717) is 31.9 Å². The standard InChI is InChI=1S/C32H39ClN2O6S/c1-20-29(40-2)7-3-6-28(36)25-11-8-23(25)17-35-18-32(14-4-5-21-15-24(33)10-12-26(21)32)19-41-30-13-9-22(16-27(30)35)31(37)34-42(20,38)39/h3,6,9-10,12-13,15-16,20,23,25,28-29,36H,4-5,7-8,11,14,17-19H2,1-2H3,(H,34,37)/b6-3+/t20-,23+,25-,28+,29+,32+/m1/s1. The van der Waals surface area contributed by atoms with E-state index in [1.807, 2.05) is 6.07 Å². The second-order valence-electron chi connectivity index (χ2n) is 12.4. The fourth-order valence-corrected chi connectivity index (χ4v) is 8.64. The smallest absolute Gasteiger partial charge is 0.264 e. The van der Waals surface area contributed by atoms with Crippen LogP contribution in [0.1, 0.15) is 60.5 Å². The number of ether oxygens (including phenoxy) is 2. The highest BCUT2D eigenvalue weighted by Gasteiger charge is 2.44. The number of amides is 1. The summed E-state index contributed by atoms with van der Waals surface area (Å²) in [5, 5.41) is 10.9. The molecule has 0 saturated heterocycles. The number of sulfonamides is 1. The average Bonchev–Trinajstić information content (AvgIpc) is 3.09. The number of fused-ring (bicyclic) bond motifs is 4. The minimum absolute atomic E-state index is 0.0869. The maximum atomic E-state index is 13.3. The first-order valence-electron chi connectivity index (χ1n) is 14.8. The Hall–Kier alpha value is -2.59. The van der Waals surface area contributed by atoms with E-state index in [1.54, 1.807) is 30.4 Å². The first-order valence-corrected chi connectivity index (χ1v) is 16.8. The largest absolute Gasteiger partial charge is 0.490 e. The van der Waals surface area contributed by atoms with Gasteiger partial charge in [-0.2, -0.15) is 0 Å². The Morgan fingerprint density at radius 2 is 2.02 bits per heavy atom. The Kier molecular flexibility index (Phi) is 8.06. The molecule has 6 rings (SSSR count). The number of benzene rings is 2. The van der Waals surface area contributed by atoms with E-state index in [9.17, 15) is 18.3 Å². The van der Waals surface area contributed by atoms with E-state index in [-0.39, 0.29) is 22.8 Å². The van der Waals surface area contributed by atoms with Gasteiger partial charge in [0.1, 0.15) is 11.0 Å². The number of hydrogen-bond acceptors (Lipinski definition) is 7. The Labute approximate surface area is 253 Å². The van der Waals surface area contributed by atoms with Gasteiger partial charge in [-0.15, -0.1) is 0 Å². The minimum Gasteiger partial charge on any atom is -0.490 e. The van der Waals surface area contributed by atoms with Crippen molar-refractivity contribution >= 4 is 33.2 Å². The van der Waals surface area contributed by atoms with Crippen molar-refractivity contribution in [3.05, 3.63) is 70.3 Å². The lowest BCUT2D eigenvalue weighted by molar-refractivity contribution is 0.0452. The summed E-state index contributed by atoms with van der Waals surface area (Å²) in [6.07, 6.45) is 7.41. The maximum absolute atomic E-state index is 13.3. The van der Waals surface area contributed by atoms with Crippen LogP contribution in [0.15, 0.2) is 48.6 Å². The number of anilines is 1. The predicted octanol–water partition coefficient (Wildman–Crippen LogP) is 4.62. The van der Waals surface area contributed by atoms with Gasteiger partial charge in [-0.05, 0) is 98.7 Å². The lowest BCUT2D eigenvalue weighted by Gasteiger charge is -2.45. The second kappa shape index (κ2) is 11.5. The molecule has 0 radical (unpaired) electrons. The van der Waals surface area contributed by atoms with Crippen molar-refractivity contribution in [3.8, 4) is 5.75 Å². The van der Waals surface area contributed by atoms with Crippen LogP contribution in [0.4, 0.5) is 5.69 Å². The molecule has 2 aliphatic carbocycles. The van der Waals surface area contributed by atoms with Gasteiger partial charge in [-0.1, -0.05) is 29.8 Å². The van der Waals surface area contributed by atoms with Gasteiger partial charge in [0.25, 0.3) is 5.91 Å². The second-order valence-corrected chi connectivity index (χ2v) is 14.9. The topological polar surface area (TPSA) is 105 Å². The summed E-state index contributed by atoms with van der Waals surface area (Å²) in [6.45, 7) is 3.39. The fraction of sp³-hybridized carbons (Fsp3) is 0.531. The summed E-state index contributed by atoms with van der Waals surface area (Å²) in [5.74, 6) is 0.320. The molecule has 10 heteroatoms. The number of nitrogens with one attached hydrogen (secondary N) is 1. The van der Waals surface area contributed by atoms with Crippen molar-refractivity contribution in [2.75, 3.05) is 31.7 Å². The molecule has 2 bridgehead atoms. The zero-order valence-corrected chi connectivity index (χ0v) is 25.7. The minimum atomic E-state index is -4.05. The highest BCUT2D eigenvalue weighted by Crippen LogP contribution is 2.46. The number of halogens is 1. The summed E-state index contributed by atoms with van der Waals surface area (Å²) in [4.78, 5) is 15.7. The summed E-state index contributed by atoms with van der Waals surface area (Å²) in [7, 11) is -2.59. The zero-order valence-electron chi connectivity index (χ0n) is 24.1. The van der Waals surface area contributed by atoms with Gasteiger partial charge in [0, 0.05) is 36.2 Å². The van der Waals surface area contributed by atoms with Gasteiger partial charge in [0.05, 0.1) is 24.5 Å². The molecule has 1 spiro atoms. The van der Waals surface area contributed by atoms with Crippen LogP contribution < -0.4 is 14.4 Å². The number of hydrogen-bond donors (Lipinski definition) is 2. The highest BCUT2D eigenvalue weighted by molar-refractivity contribution is 7.90. The first-order chi connectivity index (χ1) is 20.1. The van der Waals surface area contributed by atoms with Crippen LogP contribution >= 0.6 is 11.6 Å². The van der Waals surface area contributed by atoms with Crippen molar-refractivity contribution in [2.45, 2.75) is 68.3 Å². The first kappa shape index (κ1) is 29.5. The normalized spacial score (nSPS) is 33.3. The molecule has 6 atom stereocenters. The van der Waals surface area contributed by atoms with Crippen LogP contribution in [0.5, 0.6) is 5.75 Å². The van der Waals surface area contributed by atoms with Gasteiger partial charge in [-0.25, -0.2) is 13.1 Å². The zero-order chi connectivity index (χ0) is 29.6. The van der Waals surface area contributed by atoms with Gasteiger partial charge >= 0.3 is 0 Å². The van der Waals surface area contributed by atoms with Gasteiger partial charge in [-0.3, -0.25) is 4.79 Å². The highest BCUT2D eigenvalue weighted by atomic mass is 35.5. The SMILES string of the molecule is CO[C@H]1C/C=C/[C@H](O)[C@@H]2CC[C@H]2CN2C[C@@]3(CCCc4cc(Cl)ccc43)COc3ccc(cc32)C(=O)NS(=O)(=O)[C@@H]1C. The number of carbonyl (C=O) groups is 1. The Morgan fingerprint density at radius 1 is 1.19 bits per heavy atom. The monoisotopic (exact) mass is 614 g/mol. The number of aliphatic hydroxyl groups excluding tert-OH is 1. The molecule has 2 heterocycles.